The van der Waals surface area contributed by atoms with Gasteiger partial charge < -0.3 is 9.80 Å². The number of rotatable bonds is 5. The Hall–Kier alpha value is -1.92. The molecule has 1 aliphatic heterocycles. The number of phosphoric acid groups is 1. The number of benzene rings is 1. The summed E-state index contributed by atoms with van der Waals surface area (Å²) in [6.45, 7) is 5.52. The van der Waals surface area contributed by atoms with Gasteiger partial charge in [-0.15, -0.1) is 0 Å². The highest BCUT2D eigenvalue weighted by Gasteiger charge is 2.19. The van der Waals surface area contributed by atoms with E-state index in [-0.39, 0.29) is 0 Å². The summed E-state index contributed by atoms with van der Waals surface area (Å²) in [5, 5.41) is 1.20. The van der Waals surface area contributed by atoms with Crippen molar-refractivity contribution in [2.45, 2.75) is 26.4 Å². The van der Waals surface area contributed by atoms with Gasteiger partial charge in [0.1, 0.15) is 6.17 Å². The third kappa shape index (κ3) is 7.24. The molecule has 0 bridgehead atoms. The second-order valence-electron chi connectivity index (χ2n) is 5.87. The first-order chi connectivity index (χ1) is 13.4. The number of hydrogen-bond donors (Lipinski definition) is 0. The number of hydrogen-bond acceptors (Lipinski definition) is 7. The fraction of sp³-hybridized carbons (Fsp3) is 0.450. The molecule has 1 aliphatic rings. The van der Waals surface area contributed by atoms with Crippen molar-refractivity contribution in [2.24, 2.45) is 0 Å². The van der Waals surface area contributed by atoms with Crippen LogP contribution in [0.4, 0.5) is 0 Å². The maximum absolute atomic E-state index is 10.7. The molecule has 0 aliphatic carbocycles. The van der Waals surface area contributed by atoms with Crippen LogP contribution in [-0.4, -0.2) is 55.9 Å². The third-order valence-electron chi connectivity index (χ3n) is 4.26. The summed E-state index contributed by atoms with van der Waals surface area (Å²) < 4.78 is 23.7. The highest BCUT2D eigenvalue weighted by Crippen LogP contribution is 2.46. The average molecular weight is 409 g/mol. The van der Waals surface area contributed by atoms with Crippen LogP contribution in [0.3, 0.4) is 0 Å². The van der Waals surface area contributed by atoms with Crippen molar-refractivity contribution >= 4 is 18.7 Å². The summed E-state index contributed by atoms with van der Waals surface area (Å²) in [6.07, 6.45) is 7.90. The van der Waals surface area contributed by atoms with Crippen LogP contribution in [0.1, 0.15) is 20.3 Å². The predicted molar refractivity (Wildman–Crippen MR) is 114 cm³/mol. The molecule has 0 amide bonds. The first-order valence-electron chi connectivity index (χ1n) is 9.17. The van der Waals surface area contributed by atoms with E-state index < -0.39 is 7.82 Å². The van der Waals surface area contributed by atoms with Crippen molar-refractivity contribution in [3.05, 3.63) is 55.0 Å². The standard InChI is InChI=1S/C9H7N.C8H16N2.C3H9O4P/c1-2-6-9-8(4-1)5-3-7-10-9;1-4-8-9(3)6-7-10(8)5-2;1-5-8(4,6-2)7-3/h1-7H;6-8H,4-5H2,1-3H3;1-3H3. The Kier molecular flexibility index (Phi) is 10.8. The molecule has 28 heavy (non-hydrogen) atoms. The van der Waals surface area contributed by atoms with Gasteiger partial charge >= 0.3 is 7.82 Å². The quantitative estimate of drug-likeness (QED) is 0.662. The maximum Gasteiger partial charge on any atom is 0.473 e. The Bertz CT molecular complexity index is 687. The molecule has 0 N–H and O–H groups in total. The molecular formula is C20H32N3O4P. The lowest BCUT2D eigenvalue weighted by atomic mass is 10.2. The van der Waals surface area contributed by atoms with Gasteiger partial charge in [0.15, 0.2) is 0 Å². The average Bonchev–Trinajstić information content (AvgIpc) is 3.13. The highest BCUT2D eigenvalue weighted by atomic mass is 31.2. The minimum absolute atomic E-state index is 0.602. The largest absolute Gasteiger partial charge is 0.473 e. The number of phosphoric ester groups is 1. The summed E-state index contributed by atoms with van der Waals surface area (Å²) >= 11 is 0. The summed E-state index contributed by atoms with van der Waals surface area (Å²) in [5.41, 5.74) is 1.06. The van der Waals surface area contributed by atoms with E-state index in [0.717, 1.165) is 12.1 Å². The van der Waals surface area contributed by atoms with Crippen LogP contribution in [0.15, 0.2) is 55.0 Å². The monoisotopic (exact) mass is 409 g/mol. The molecule has 1 atom stereocenters. The van der Waals surface area contributed by atoms with Crippen molar-refractivity contribution in [1.29, 1.82) is 0 Å². The Morgan fingerprint density at radius 3 is 2.07 bits per heavy atom. The summed E-state index contributed by atoms with van der Waals surface area (Å²) in [6, 6.07) is 12.1. The van der Waals surface area contributed by atoms with Crippen molar-refractivity contribution in [3.8, 4) is 0 Å². The smallest absolute Gasteiger partial charge is 0.359 e. The van der Waals surface area contributed by atoms with Crippen LogP contribution in [0.2, 0.25) is 0 Å². The van der Waals surface area contributed by atoms with Crippen molar-refractivity contribution in [1.82, 2.24) is 14.8 Å². The number of para-hydroxylation sites is 1. The van der Waals surface area contributed by atoms with Gasteiger partial charge in [-0.1, -0.05) is 31.2 Å². The molecule has 2 aromatic rings. The zero-order valence-electron chi connectivity index (χ0n) is 17.6. The molecule has 0 spiro atoms. The number of fused-ring (bicyclic) bond motifs is 1. The van der Waals surface area contributed by atoms with E-state index in [1.807, 2.05) is 30.5 Å². The zero-order valence-corrected chi connectivity index (χ0v) is 18.5. The lowest BCUT2D eigenvalue weighted by Crippen LogP contribution is -2.35. The van der Waals surface area contributed by atoms with Gasteiger partial charge in [0, 0.05) is 58.9 Å². The minimum Gasteiger partial charge on any atom is -0.359 e. The molecule has 1 unspecified atom stereocenters. The molecule has 0 saturated carbocycles. The van der Waals surface area contributed by atoms with E-state index in [0.29, 0.717) is 6.17 Å². The van der Waals surface area contributed by atoms with Gasteiger partial charge in [-0.2, -0.15) is 0 Å². The lowest BCUT2D eigenvalue weighted by Gasteiger charge is -2.28. The maximum atomic E-state index is 10.7. The Morgan fingerprint density at radius 1 is 1.00 bits per heavy atom. The van der Waals surface area contributed by atoms with Gasteiger partial charge in [-0.25, -0.2) is 4.57 Å². The molecule has 2 heterocycles. The molecule has 1 aromatic carbocycles. The Balaban J connectivity index is 0.000000212. The number of pyridine rings is 1. The van der Waals surface area contributed by atoms with E-state index >= 15 is 0 Å². The fourth-order valence-electron chi connectivity index (χ4n) is 2.70. The van der Waals surface area contributed by atoms with Crippen LogP contribution in [0.25, 0.3) is 10.9 Å². The van der Waals surface area contributed by atoms with Gasteiger partial charge in [0.05, 0.1) is 5.52 Å². The Morgan fingerprint density at radius 2 is 1.61 bits per heavy atom. The molecule has 7 nitrogen and oxygen atoms in total. The number of nitrogens with zero attached hydrogens (tertiary/aromatic N) is 3. The second kappa shape index (κ2) is 12.5. The van der Waals surface area contributed by atoms with Gasteiger partial charge in [0.2, 0.25) is 0 Å². The van der Waals surface area contributed by atoms with Gasteiger partial charge in [0.25, 0.3) is 0 Å². The normalized spacial score (nSPS) is 15.7. The third-order valence-corrected chi connectivity index (χ3v) is 5.60. The molecular weight excluding hydrogens is 377 g/mol. The minimum atomic E-state index is -3.16. The van der Waals surface area contributed by atoms with E-state index in [1.165, 1.54) is 33.1 Å². The highest BCUT2D eigenvalue weighted by molar-refractivity contribution is 7.48. The van der Waals surface area contributed by atoms with E-state index in [4.69, 9.17) is 0 Å². The van der Waals surface area contributed by atoms with Gasteiger partial charge in [-0.05, 0) is 25.5 Å². The topological polar surface area (TPSA) is 64.1 Å². The first kappa shape index (κ1) is 24.1. The Labute approximate surface area is 168 Å². The molecule has 156 valence electrons. The van der Waals surface area contributed by atoms with Crippen LogP contribution in [-0.2, 0) is 18.1 Å². The molecule has 0 saturated heterocycles. The fourth-order valence-corrected chi connectivity index (χ4v) is 3.15. The molecule has 0 radical (unpaired) electrons. The molecule has 8 heteroatoms. The van der Waals surface area contributed by atoms with Crippen LogP contribution in [0, 0.1) is 0 Å². The van der Waals surface area contributed by atoms with E-state index in [1.54, 1.807) is 0 Å². The predicted octanol–water partition coefficient (Wildman–Crippen LogP) is 4.73. The molecule has 3 rings (SSSR count). The van der Waals surface area contributed by atoms with Crippen LogP contribution in [0.5, 0.6) is 0 Å². The van der Waals surface area contributed by atoms with Crippen molar-refractivity contribution < 1.29 is 18.1 Å². The summed E-state index contributed by atoms with van der Waals surface area (Å²) in [7, 11) is 2.74. The van der Waals surface area contributed by atoms with Gasteiger partial charge in [-0.3, -0.25) is 18.6 Å². The summed E-state index contributed by atoms with van der Waals surface area (Å²) in [5.74, 6) is 0. The van der Waals surface area contributed by atoms with Crippen molar-refractivity contribution in [3.63, 3.8) is 0 Å². The summed E-state index contributed by atoms with van der Waals surface area (Å²) in [4.78, 5) is 8.78. The molecule has 1 aromatic heterocycles. The van der Waals surface area contributed by atoms with Crippen LogP contribution >= 0.6 is 7.82 Å². The van der Waals surface area contributed by atoms with E-state index in [9.17, 15) is 4.57 Å². The number of aromatic nitrogens is 1. The second-order valence-corrected chi connectivity index (χ2v) is 7.86. The SMILES string of the molecule is CCC1N(C)C=CN1CC.COP(=O)(OC)OC.c1ccc2ncccc2c1. The van der Waals surface area contributed by atoms with E-state index in [2.05, 4.69) is 73.8 Å². The van der Waals surface area contributed by atoms with Crippen molar-refractivity contribution in [2.75, 3.05) is 34.9 Å². The lowest BCUT2D eigenvalue weighted by molar-refractivity contribution is 0.178. The van der Waals surface area contributed by atoms with Crippen LogP contribution < -0.4 is 0 Å². The molecule has 0 fully saturated rings. The first-order valence-corrected chi connectivity index (χ1v) is 10.6. The zero-order chi connectivity index (χ0) is 21.0.